The van der Waals surface area contributed by atoms with E-state index < -0.39 is 0 Å². The van der Waals surface area contributed by atoms with Crippen LogP contribution in [0.2, 0.25) is 0 Å². The van der Waals surface area contributed by atoms with Crippen molar-refractivity contribution in [2.24, 2.45) is 5.92 Å². The molecule has 2 fully saturated rings. The molecule has 1 aliphatic carbocycles. The van der Waals surface area contributed by atoms with Gasteiger partial charge in [-0.1, -0.05) is 42.3 Å². The van der Waals surface area contributed by atoms with Crippen molar-refractivity contribution < 1.29 is 4.79 Å². The van der Waals surface area contributed by atoms with Crippen LogP contribution in [0.1, 0.15) is 48.0 Å². The molecule has 2 nitrogen and oxygen atoms in total. The molecule has 1 heterocycles. The lowest BCUT2D eigenvalue weighted by atomic mass is 9.85. The van der Waals surface area contributed by atoms with Crippen LogP contribution in [-0.2, 0) is 0 Å². The first-order valence-corrected chi connectivity index (χ1v) is 8.99. The number of hydrogen-bond donors (Lipinski definition) is 0. The number of nitrogens with zero attached hydrogens (tertiary/aromatic N) is 1. The third-order valence-corrected chi connectivity index (χ3v) is 5.69. The molecular weight excluding hydrogens is 282 g/mol. The minimum Gasteiger partial charge on any atom is -0.300 e. The second-order valence-corrected chi connectivity index (χ2v) is 7.35. The fraction of sp³-hybridized carbons (Fsp3) is 0.476. The summed E-state index contributed by atoms with van der Waals surface area (Å²) in [5, 5.41) is 2.40. The average Bonchev–Trinajstić information content (AvgIpc) is 2.52. The molecule has 120 valence electrons. The van der Waals surface area contributed by atoms with Crippen molar-refractivity contribution in [3.8, 4) is 0 Å². The molecule has 0 aromatic heterocycles. The molecule has 1 unspecified atom stereocenters. The van der Waals surface area contributed by atoms with Crippen LogP contribution in [0.15, 0.2) is 36.4 Å². The van der Waals surface area contributed by atoms with E-state index in [0.29, 0.717) is 5.78 Å². The highest BCUT2D eigenvalue weighted by Gasteiger charge is 2.32. The van der Waals surface area contributed by atoms with Crippen molar-refractivity contribution in [1.29, 1.82) is 0 Å². The van der Waals surface area contributed by atoms with Gasteiger partial charge in [0.25, 0.3) is 0 Å². The van der Waals surface area contributed by atoms with Gasteiger partial charge in [-0.15, -0.1) is 0 Å². The van der Waals surface area contributed by atoms with Crippen LogP contribution >= 0.6 is 0 Å². The van der Waals surface area contributed by atoms with E-state index in [1.807, 2.05) is 6.07 Å². The molecule has 1 aliphatic heterocycles. The zero-order chi connectivity index (χ0) is 15.8. The van der Waals surface area contributed by atoms with E-state index in [2.05, 4.69) is 42.2 Å². The predicted octanol–water partition coefficient (Wildman–Crippen LogP) is 4.60. The zero-order valence-corrected chi connectivity index (χ0v) is 13.9. The van der Waals surface area contributed by atoms with Crippen LogP contribution < -0.4 is 0 Å². The Balaban J connectivity index is 1.54. The number of Topliss-reactive ketones (excluding diaryl/α,β-unsaturated/α-hetero) is 1. The molecule has 0 amide bonds. The van der Waals surface area contributed by atoms with Crippen molar-refractivity contribution in [3.63, 3.8) is 0 Å². The Kier molecular flexibility index (Phi) is 3.94. The highest BCUT2D eigenvalue weighted by atomic mass is 16.1. The summed E-state index contributed by atoms with van der Waals surface area (Å²) < 4.78 is 0. The van der Waals surface area contributed by atoms with Crippen molar-refractivity contribution >= 4 is 16.6 Å². The Bertz CT molecular complexity index is 732. The summed E-state index contributed by atoms with van der Waals surface area (Å²) in [4.78, 5) is 15.5. The lowest BCUT2D eigenvalue weighted by Crippen LogP contribution is -2.47. The first-order valence-electron chi connectivity index (χ1n) is 8.99. The van der Waals surface area contributed by atoms with Gasteiger partial charge in [0.05, 0.1) is 0 Å². The van der Waals surface area contributed by atoms with Gasteiger partial charge in [-0.3, -0.25) is 9.69 Å². The predicted molar refractivity (Wildman–Crippen MR) is 95.0 cm³/mol. The SMILES string of the molecule is Cc1ccc2cc(C(=O)C3CCCN(C4CCC4)C3)ccc2c1. The molecule has 2 aliphatic rings. The summed E-state index contributed by atoms with van der Waals surface area (Å²) in [6.45, 7) is 4.26. The van der Waals surface area contributed by atoms with Gasteiger partial charge in [-0.2, -0.15) is 0 Å². The number of carbonyl (C=O) groups excluding carboxylic acids is 1. The molecular formula is C21H25NO. The topological polar surface area (TPSA) is 20.3 Å². The van der Waals surface area contributed by atoms with Gasteiger partial charge in [-0.05, 0) is 56.0 Å². The highest BCUT2D eigenvalue weighted by molar-refractivity contribution is 6.01. The number of hydrogen-bond acceptors (Lipinski definition) is 2. The van der Waals surface area contributed by atoms with Crippen LogP contribution in [-0.4, -0.2) is 29.8 Å². The minimum atomic E-state index is 0.187. The summed E-state index contributed by atoms with van der Waals surface area (Å²) in [6.07, 6.45) is 6.24. The molecule has 0 radical (unpaired) electrons. The highest BCUT2D eigenvalue weighted by Crippen LogP contribution is 2.30. The molecule has 2 aromatic rings. The van der Waals surface area contributed by atoms with Crippen LogP contribution in [0.25, 0.3) is 10.8 Å². The van der Waals surface area contributed by atoms with Crippen LogP contribution in [0.5, 0.6) is 0 Å². The Morgan fingerprint density at radius 1 is 1.00 bits per heavy atom. The summed E-state index contributed by atoms with van der Waals surface area (Å²) >= 11 is 0. The number of rotatable bonds is 3. The molecule has 2 aromatic carbocycles. The minimum absolute atomic E-state index is 0.187. The van der Waals surface area contributed by atoms with Crippen molar-refractivity contribution in [2.75, 3.05) is 13.1 Å². The van der Waals surface area contributed by atoms with E-state index in [1.54, 1.807) is 0 Å². The van der Waals surface area contributed by atoms with Crippen molar-refractivity contribution in [2.45, 2.75) is 45.1 Å². The van der Waals surface area contributed by atoms with Gasteiger partial charge in [-0.25, -0.2) is 0 Å². The quantitative estimate of drug-likeness (QED) is 0.773. The van der Waals surface area contributed by atoms with E-state index in [0.717, 1.165) is 24.6 Å². The fourth-order valence-electron chi connectivity index (χ4n) is 4.06. The lowest BCUT2D eigenvalue weighted by molar-refractivity contribution is 0.0612. The molecule has 0 spiro atoms. The van der Waals surface area contributed by atoms with Crippen LogP contribution in [0, 0.1) is 12.8 Å². The third kappa shape index (κ3) is 2.92. The van der Waals surface area contributed by atoms with E-state index in [9.17, 15) is 4.79 Å². The Labute approximate surface area is 138 Å². The van der Waals surface area contributed by atoms with Gasteiger partial charge in [0.15, 0.2) is 5.78 Å². The number of carbonyl (C=O) groups is 1. The maximum Gasteiger partial charge on any atom is 0.167 e. The van der Waals surface area contributed by atoms with E-state index >= 15 is 0 Å². The van der Waals surface area contributed by atoms with Crippen LogP contribution in [0.4, 0.5) is 0 Å². The number of fused-ring (bicyclic) bond motifs is 1. The van der Waals surface area contributed by atoms with Gasteiger partial charge in [0, 0.05) is 24.1 Å². The maximum absolute atomic E-state index is 13.0. The Morgan fingerprint density at radius 2 is 1.78 bits per heavy atom. The van der Waals surface area contributed by atoms with Gasteiger partial charge < -0.3 is 0 Å². The molecule has 0 N–H and O–H groups in total. The number of aryl methyl sites for hydroxylation is 1. The van der Waals surface area contributed by atoms with Crippen molar-refractivity contribution in [1.82, 2.24) is 4.90 Å². The molecule has 1 saturated heterocycles. The average molecular weight is 307 g/mol. The summed E-state index contributed by atoms with van der Waals surface area (Å²) in [6, 6.07) is 13.4. The van der Waals surface area contributed by atoms with Crippen LogP contribution in [0.3, 0.4) is 0 Å². The Hall–Kier alpha value is -1.67. The number of likely N-dealkylation sites (tertiary alicyclic amines) is 1. The largest absolute Gasteiger partial charge is 0.300 e. The van der Waals surface area contributed by atoms with E-state index in [4.69, 9.17) is 0 Å². The Morgan fingerprint density at radius 3 is 2.57 bits per heavy atom. The van der Waals surface area contributed by atoms with E-state index in [-0.39, 0.29) is 5.92 Å². The summed E-state index contributed by atoms with van der Waals surface area (Å²) in [5.74, 6) is 0.531. The number of benzene rings is 2. The lowest BCUT2D eigenvalue weighted by Gasteiger charge is -2.42. The maximum atomic E-state index is 13.0. The summed E-state index contributed by atoms with van der Waals surface area (Å²) in [7, 11) is 0. The second kappa shape index (κ2) is 6.09. The molecule has 1 atom stereocenters. The fourth-order valence-corrected chi connectivity index (χ4v) is 4.06. The first kappa shape index (κ1) is 14.9. The molecule has 23 heavy (non-hydrogen) atoms. The molecule has 2 heteroatoms. The number of piperidine rings is 1. The standard InChI is InChI=1S/C21H25NO/c1-15-7-8-17-13-18(10-9-16(17)12-15)21(23)19-4-3-11-22(14-19)20-5-2-6-20/h7-10,12-13,19-20H,2-6,11,14H2,1H3. The van der Waals surface area contributed by atoms with Gasteiger partial charge >= 0.3 is 0 Å². The molecule has 4 rings (SSSR count). The molecule has 1 saturated carbocycles. The zero-order valence-electron chi connectivity index (χ0n) is 13.9. The number of ketones is 1. The monoisotopic (exact) mass is 307 g/mol. The molecule has 0 bridgehead atoms. The first-order chi connectivity index (χ1) is 11.2. The normalized spacial score (nSPS) is 22.9. The van der Waals surface area contributed by atoms with Crippen molar-refractivity contribution in [3.05, 3.63) is 47.5 Å². The second-order valence-electron chi connectivity index (χ2n) is 7.35. The summed E-state index contributed by atoms with van der Waals surface area (Å²) in [5.41, 5.74) is 2.15. The van der Waals surface area contributed by atoms with E-state index in [1.165, 1.54) is 48.6 Å². The third-order valence-electron chi connectivity index (χ3n) is 5.69. The smallest absolute Gasteiger partial charge is 0.167 e. The van der Waals surface area contributed by atoms with Gasteiger partial charge in [0.2, 0.25) is 0 Å². The van der Waals surface area contributed by atoms with Gasteiger partial charge in [0.1, 0.15) is 0 Å².